The summed E-state index contributed by atoms with van der Waals surface area (Å²) in [5.41, 5.74) is 10.4. The number of hydrogen-bond acceptors (Lipinski definition) is 5. The molecule has 31 heavy (non-hydrogen) atoms. The van der Waals surface area contributed by atoms with E-state index in [4.69, 9.17) is 4.98 Å². The maximum absolute atomic E-state index is 9.48. The van der Waals surface area contributed by atoms with Crippen molar-refractivity contribution in [1.29, 1.82) is 5.26 Å². The van der Waals surface area contributed by atoms with Crippen LogP contribution in [-0.2, 0) is 12.2 Å². The average molecular weight is 420 g/mol. The predicted octanol–water partition coefficient (Wildman–Crippen LogP) is 5.55. The minimum absolute atomic E-state index is 0.602. The summed E-state index contributed by atoms with van der Waals surface area (Å²) in [6.45, 7) is 2.12. The first kappa shape index (κ1) is 18.1. The molecule has 148 valence electrons. The number of benzene rings is 3. The topological polar surface area (TPSA) is 78.2 Å². The lowest BCUT2D eigenvalue weighted by molar-refractivity contribution is 0.878. The molecule has 0 saturated carbocycles. The van der Waals surface area contributed by atoms with Gasteiger partial charge in [0.1, 0.15) is 5.52 Å². The fraction of sp³-hybridized carbons (Fsp3) is 0.120. The standard InChI is InChI=1S/C25H17N5S/c1-14-5-2-3-6-17(14)18-7-4-8-21-22(18)23-24(27-21)28-25(30-29-23)31-13-16-10-9-15-11-19(15)20(16)12-26/h2-10H,11,13H2,1H3,(H,27,28,30). The Morgan fingerprint density at radius 1 is 1.03 bits per heavy atom. The van der Waals surface area contributed by atoms with Gasteiger partial charge < -0.3 is 4.98 Å². The van der Waals surface area contributed by atoms with Crippen LogP contribution in [0.4, 0.5) is 0 Å². The fourth-order valence-corrected chi connectivity index (χ4v) is 4.98. The van der Waals surface area contributed by atoms with Crippen LogP contribution in [0.15, 0.2) is 59.8 Å². The Morgan fingerprint density at radius 2 is 1.90 bits per heavy atom. The Labute approximate surface area is 183 Å². The van der Waals surface area contributed by atoms with Gasteiger partial charge >= 0.3 is 0 Å². The Morgan fingerprint density at radius 3 is 2.77 bits per heavy atom. The Balaban J connectivity index is 1.39. The van der Waals surface area contributed by atoms with Gasteiger partial charge in [-0.2, -0.15) is 5.26 Å². The molecule has 6 rings (SSSR count). The first-order valence-electron chi connectivity index (χ1n) is 10.1. The molecule has 5 nitrogen and oxygen atoms in total. The number of aromatic nitrogens is 4. The molecule has 0 fully saturated rings. The number of nitrogens with zero attached hydrogens (tertiary/aromatic N) is 4. The monoisotopic (exact) mass is 419 g/mol. The lowest BCUT2D eigenvalue weighted by Crippen LogP contribution is -1.93. The van der Waals surface area contributed by atoms with Crippen LogP contribution >= 0.6 is 11.8 Å². The van der Waals surface area contributed by atoms with Crippen molar-refractivity contribution in [2.75, 3.05) is 0 Å². The van der Waals surface area contributed by atoms with Crippen LogP contribution in [-0.4, -0.2) is 20.2 Å². The number of nitrogens with one attached hydrogen (secondary N) is 1. The molecule has 1 N–H and O–H groups in total. The Kier molecular flexibility index (Phi) is 4.05. The zero-order valence-corrected chi connectivity index (χ0v) is 17.6. The molecule has 0 bridgehead atoms. The van der Waals surface area contributed by atoms with Crippen LogP contribution in [0.3, 0.4) is 0 Å². The van der Waals surface area contributed by atoms with Crippen LogP contribution in [0, 0.1) is 18.3 Å². The third-order valence-electron chi connectivity index (χ3n) is 5.86. The summed E-state index contributed by atoms with van der Waals surface area (Å²) in [6, 6.07) is 21.1. The van der Waals surface area contributed by atoms with Crippen molar-refractivity contribution in [1.82, 2.24) is 20.2 Å². The highest BCUT2D eigenvalue weighted by Crippen LogP contribution is 2.36. The molecule has 0 amide bonds. The van der Waals surface area contributed by atoms with Gasteiger partial charge in [-0.3, -0.25) is 0 Å². The van der Waals surface area contributed by atoms with Gasteiger partial charge in [-0.25, -0.2) is 4.98 Å². The van der Waals surface area contributed by atoms with Crippen molar-refractivity contribution in [2.24, 2.45) is 0 Å². The molecule has 0 aliphatic heterocycles. The average Bonchev–Trinajstić information content (AvgIpc) is 3.49. The minimum atomic E-state index is 0.602. The molecular weight excluding hydrogens is 402 g/mol. The highest BCUT2D eigenvalue weighted by molar-refractivity contribution is 7.98. The summed E-state index contributed by atoms with van der Waals surface area (Å²) in [4.78, 5) is 8.13. The molecule has 1 aliphatic rings. The summed E-state index contributed by atoms with van der Waals surface area (Å²) in [5, 5.41) is 20.1. The third kappa shape index (κ3) is 2.97. The quantitative estimate of drug-likeness (QED) is 0.379. The molecule has 1 aliphatic carbocycles. The maximum Gasteiger partial charge on any atom is 0.211 e. The van der Waals surface area contributed by atoms with Gasteiger partial charge in [-0.1, -0.05) is 60.3 Å². The molecule has 0 radical (unpaired) electrons. The van der Waals surface area contributed by atoms with Crippen LogP contribution in [0.25, 0.3) is 33.2 Å². The summed E-state index contributed by atoms with van der Waals surface area (Å²) in [7, 11) is 0. The number of rotatable bonds is 4. The first-order chi connectivity index (χ1) is 15.2. The van der Waals surface area contributed by atoms with Crippen molar-refractivity contribution in [3.05, 3.63) is 82.4 Å². The highest BCUT2D eigenvalue weighted by atomic mass is 32.2. The van der Waals surface area contributed by atoms with E-state index in [-0.39, 0.29) is 0 Å². The second-order valence-corrected chi connectivity index (χ2v) is 8.72. The normalized spacial score (nSPS) is 12.1. The number of aryl methyl sites for hydroxylation is 1. The van der Waals surface area contributed by atoms with Crippen molar-refractivity contribution < 1.29 is 0 Å². The van der Waals surface area contributed by atoms with Crippen LogP contribution in [0.2, 0.25) is 0 Å². The molecule has 3 aromatic carbocycles. The lowest BCUT2D eigenvalue weighted by Gasteiger charge is -2.07. The van der Waals surface area contributed by atoms with E-state index in [9.17, 15) is 5.26 Å². The second-order valence-electron chi connectivity index (χ2n) is 7.77. The van der Waals surface area contributed by atoms with Gasteiger partial charge in [0.2, 0.25) is 5.16 Å². The van der Waals surface area contributed by atoms with Crippen molar-refractivity contribution in [3.63, 3.8) is 0 Å². The molecule has 0 atom stereocenters. The predicted molar refractivity (Wildman–Crippen MR) is 123 cm³/mol. The number of H-pyrrole nitrogens is 1. The molecule has 6 heteroatoms. The first-order valence-corrected chi connectivity index (χ1v) is 11.1. The van der Waals surface area contributed by atoms with E-state index in [1.165, 1.54) is 34.0 Å². The smallest absolute Gasteiger partial charge is 0.211 e. The summed E-state index contributed by atoms with van der Waals surface area (Å²) in [6.07, 6.45) is 0.940. The van der Waals surface area contributed by atoms with Crippen molar-refractivity contribution >= 4 is 33.8 Å². The lowest BCUT2D eigenvalue weighted by atomic mass is 9.97. The zero-order valence-electron chi connectivity index (χ0n) is 16.8. The third-order valence-corrected chi connectivity index (χ3v) is 6.75. The van der Waals surface area contributed by atoms with E-state index in [1.54, 1.807) is 0 Å². The molecule has 2 aromatic heterocycles. The highest BCUT2D eigenvalue weighted by Gasteiger charge is 2.23. The summed E-state index contributed by atoms with van der Waals surface area (Å²) in [5.74, 6) is 0.651. The van der Waals surface area contributed by atoms with Gasteiger partial charge in [0.05, 0.1) is 11.6 Å². The summed E-state index contributed by atoms with van der Waals surface area (Å²) < 4.78 is 0. The number of nitriles is 1. The second kappa shape index (κ2) is 6.93. The fourth-order valence-electron chi connectivity index (χ4n) is 4.20. The van der Waals surface area contributed by atoms with E-state index in [1.807, 2.05) is 18.2 Å². The summed E-state index contributed by atoms with van der Waals surface area (Å²) >= 11 is 1.51. The maximum atomic E-state index is 9.48. The van der Waals surface area contributed by atoms with Gasteiger partial charge in [-0.05, 0) is 52.8 Å². The largest absolute Gasteiger partial charge is 0.338 e. The van der Waals surface area contributed by atoms with Crippen molar-refractivity contribution in [3.8, 4) is 17.2 Å². The number of aromatic amines is 1. The zero-order chi connectivity index (χ0) is 20.9. The van der Waals surface area contributed by atoms with Crippen LogP contribution in [0.1, 0.15) is 27.8 Å². The van der Waals surface area contributed by atoms with Crippen LogP contribution in [0.5, 0.6) is 0 Å². The van der Waals surface area contributed by atoms with E-state index in [0.717, 1.165) is 45.2 Å². The van der Waals surface area contributed by atoms with E-state index in [2.05, 4.69) is 64.6 Å². The van der Waals surface area contributed by atoms with Crippen LogP contribution < -0.4 is 0 Å². The molecule has 0 spiro atoms. The minimum Gasteiger partial charge on any atom is -0.338 e. The molecule has 0 unspecified atom stereocenters. The number of fused-ring (bicyclic) bond motifs is 4. The SMILES string of the molecule is Cc1ccccc1-c1cccc2[nH]c3nc(SCc4ccc5c(c4C#N)C5)nnc3c12. The van der Waals surface area contributed by atoms with Crippen molar-refractivity contribution in [2.45, 2.75) is 24.3 Å². The Bertz CT molecular complexity index is 1540. The number of thioether (sulfide) groups is 1. The number of hydrogen-bond donors (Lipinski definition) is 1. The van der Waals surface area contributed by atoms with Gasteiger partial charge in [0, 0.05) is 16.7 Å². The van der Waals surface area contributed by atoms with Gasteiger partial charge in [-0.15, -0.1) is 10.2 Å². The van der Waals surface area contributed by atoms with E-state index in [0.29, 0.717) is 10.9 Å². The van der Waals surface area contributed by atoms with Gasteiger partial charge in [0.15, 0.2) is 5.65 Å². The molecule has 2 heterocycles. The molecule has 0 saturated heterocycles. The molecular formula is C25H17N5S. The molecule has 5 aromatic rings. The van der Waals surface area contributed by atoms with E-state index >= 15 is 0 Å². The van der Waals surface area contributed by atoms with Gasteiger partial charge in [0.25, 0.3) is 0 Å². The Hall–Kier alpha value is -3.69. The van der Waals surface area contributed by atoms with E-state index < -0.39 is 0 Å².